The third kappa shape index (κ3) is 1.83. The van der Waals surface area contributed by atoms with Crippen molar-refractivity contribution in [2.45, 2.75) is 31.1 Å². The van der Waals surface area contributed by atoms with Gasteiger partial charge in [-0.25, -0.2) is 0 Å². The van der Waals surface area contributed by atoms with Crippen LogP contribution in [-0.2, 0) is 5.41 Å². The predicted molar refractivity (Wildman–Crippen MR) is 66.0 cm³/mol. The molecule has 13 heavy (non-hydrogen) atoms. The van der Waals surface area contributed by atoms with Crippen LogP contribution < -0.4 is 0 Å². The van der Waals surface area contributed by atoms with Crippen molar-refractivity contribution in [2.24, 2.45) is 0 Å². The lowest BCUT2D eigenvalue weighted by Gasteiger charge is -2.25. The molecular weight excluding hydrogens is 264 g/mol. The summed E-state index contributed by atoms with van der Waals surface area (Å²) in [6, 6.07) is 4.42. The number of rotatable bonds is 2. The van der Waals surface area contributed by atoms with Crippen LogP contribution in [0.25, 0.3) is 0 Å². The Hall–Kier alpha value is 0.530. The Morgan fingerprint density at radius 3 is 2.54 bits per heavy atom. The Morgan fingerprint density at radius 2 is 2.08 bits per heavy atom. The molecule has 2 rings (SSSR count). The van der Waals surface area contributed by atoms with Gasteiger partial charge in [-0.3, -0.25) is 0 Å². The van der Waals surface area contributed by atoms with Crippen molar-refractivity contribution in [3.05, 3.63) is 20.8 Å². The van der Waals surface area contributed by atoms with Crippen LogP contribution in [0.4, 0.5) is 0 Å². The largest absolute Gasteiger partial charge is 0.178 e. The first kappa shape index (κ1) is 10.1. The van der Waals surface area contributed by atoms with Crippen molar-refractivity contribution in [3.63, 3.8) is 0 Å². The van der Waals surface area contributed by atoms with Crippen molar-refractivity contribution < 1.29 is 0 Å². The zero-order valence-corrected chi connectivity index (χ0v) is 10.7. The fourth-order valence-corrected chi connectivity index (χ4v) is 4.36. The summed E-state index contributed by atoms with van der Waals surface area (Å²) in [6.45, 7) is 0. The molecule has 0 N–H and O–H groups in total. The zero-order chi connectivity index (χ0) is 9.31. The van der Waals surface area contributed by atoms with E-state index in [0.717, 1.165) is 5.75 Å². The summed E-state index contributed by atoms with van der Waals surface area (Å²) in [6.07, 6.45) is 5.39. The Bertz CT molecular complexity index is 287. The summed E-state index contributed by atoms with van der Waals surface area (Å²) in [5.74, 6) is 1.000. The minimum Gasteiger partial charge on any atom is -0.178 e. The Morgan fingerprint density at radius 1 is 1.38 bits per heavy atom. The second-order valence-corrected chi connectivity index (χ2v) is 6.53. The number of thiophene rings is 1. The van der Waals surface area contributed by atoms with Gasteiger partial charge in [0.2, 0.25) is 0 Å². The summed E-state index contributed by atoms with van der Waals surface area (Å²) >= 11 is 9.92. The molecule has 1 saturated carbocycles. The maximum absolute atomic E-state index is 4.51. The van der Waals surface area contributed by atoms with Gasteiger partial charge in [-0.15, -0.1) is 11.3 Å². The van der Waals surface area contributed by atoms with E-state index in [1.54, 1.807) is 0 Å². The zero-order valence-electron chi connectivity index (χ0n) is 7.42. The summed E-state index contributed by atoms with van der Waals surface area (Å²) < 4.78 is 1.25. The van der Waals surface area contributed by atoms with E-state index in [9.17, 15) is 0 Å². The van der Waals surface area contributed by atoms with Crippen LogP contribution in [0.15, 0.2) is 15.9 Å². The van der Waals surface area contributed by atoms with E-state index in [0.29, 0.717) is 5.41 Å². The van der Waals surface area contributed by atoms with E-state index in [4.69, 9.17) is 0 Å². The molecule has 0 unspecified atom stereocenters. The van der Waals surface area contributed by atoms with E-state index in [1.807, 2.05) is 11.3 Å². The number of hydrogen-bond donors (Lipinski definition) is 1. The third-order valence-electron chi connectivity index (χ3n) is 2.96. The molecule has 1 heterocycles. The van der Waals surface area contributed by atoms with Crippen LogP contribution in [0.5, 0.6) is 0 Å². The highest BCUT2D eigenvalue weighted by molar-refractivity contribution is 9.11. The minimum atomic E-state index is 0.403. The number of hydrogen-bond acceptors (Lipinski definition) is 2. The maximum atomic E-state index is 4.51. The van der Waals surface area contributed by atoms with Crippen molar-refractivity contribution in [2.75, 3.05) is 5.75 Å². The van der Waals surface area contributed by atoms with E-state index in [2.05, 4.69) is 40.7 Å². The third-order valence-corrected chi connectivity index (χ3v) is 5.43. The standard InChI is InChI=1S/C10H13BrS2/c11-9-4-3-8(13-9)10(7-12)5-1-2-6-10/h3-4,12H,1-2,5-7H2. The molecule has 72 valence electrons. The van der Waals surface area contributed by atoms with Gasteiger partial charge >= 0.3 is 0 Å². The fourth-order valence-electron chi connectivity index (χ4n) is 2.13. The van der Waals surface area contributed by atoms with Gasteiger partial charge in [0.15, 0.2) is 0 Å². The van der Waals surface area contributed by atoms with Crippen LogP contribution >= 0.6 is 39.9 Å². The molecule has 1 aliphatic rings. The van der Waals surface area contributed by atoms with E-state index < -0.39 is 0 Å². The first-order valence-electron chi connectivity index (χ1n) is 4.63. The minimum absolute atomic E-state index is 0.403. The molecule has 0 saturated heterocycles. The lowest BCUT2D eigenvalue weighted by molar-refractivity contribution is 0.514. The SMILES string of the molecule is SCC1(c2ccc(Br)s2)CCCC1. The molecule has 3 heteroatoms. The van der Waals surface area contributed by atoms with Gasteiger partial charge in [0, 0.05) is 16.0 Å². The van der Waals surface area contributed by atoms with Crippen LogP contribution in [-0.4, -0.2) is 5.75 Å². The quantitative estimate of drug-likeness (QED) is 0.767. The Kier molecular flexibility index (Phi) is 3.06. The topological polar surface area (TPSA) is 0 Å². The molecule has 1 aromatic heterocycles. The molecule has 0 spiro atoms. The van der Waals surface area contributed by atoms with Gasteiger partial charge in [0.25, 0.3) is 0 Å². The fraction of sp³-hybridized carbons (Fsp3) is 0.600. The Labute approximate surface area is 97.3 Å². The summed E-state index contributed by atoms with van der Waals surface area (Å²) in [4.78, 5) is 1.52. The molecule has 0 atom stereocenters. The van der Waals surface area contributed by atoms with Crippen LogP contribution in [0.3, 0.4) is 0 Å². The average molecular weight is 277 g/mol. The van der Waals surface area contributed by atoms with Crippen molar-refractivity contribution >= 4 is 39.9 Å². The normalized spacial score (nSPS) is 20.8. The van der Waals surface area contributed by atoms with Crippen LogP contribution in [0.2, 0.25) is 0 Å². The van der Waals surface area contributed by atoms with Crippen molar-refractivity contribution in [3.8, 4) is 0 Å². The number of thiol groups is 1. The summed E-state index contributed by atoms with van der Waals surface area (Å²) in [7, 11) is 0. The molecule has 1 aliphatic carbocycles. The molecule has 1 aromatic rings. The van der Waals surface area contributed by atoms with Crippen LogP contribution in [0.1, 0.15) is 30.6 Å². The van der Waals surface area contributed by atoms with Gasteiger partial charge < -0.3 is 0 Å². The van der Waals surface area contributed by atoms with E-state index in [1.165, 1.54) is 34.3 Å². The highest BCUT2D eigenvalue weighted by Crippen LogP contribution is 2.45. The molecule has 0 bridgehead atoms. The van der Waals surface area contributed by atoms with Gasteiger partial charge in [-0.1, -0.05) is 12.8 Å². The predicted octanol–water partition coefficient (Wildman–Crippen LogP) is 4.25. The molecule has 1 fully saturated rings. The lowest BCUT2D eigenvalue weighted by Crippen LogP contribution is -2.22. The highest BCUT2D eigenvalue weighted by atomic mass is 79.9. The maximum Gasteiger partial charge on any atom is 0.0701 e. The van der Waals surface area contributed by atoms with Gasteiger partial charge in [0.05, 0.1) is 3.79 Å². The molecule has 0 radical (unpaired) electrons. The highest BCUT2D eigenvalue weighted by Gasteiger charge is 2.35. The summed E-state index contributed by atoms with van der Waals surface area (Å²) in [5, 5.41) is 0. The van der Waals surface area contributed by atoms with Crippen molar-refractivity contribution in [1.29, 1.82) is 0 Å². The van der Waals surface area contributed by atoms with Crippen LogP contribution in [0, 0.1) is 0 Å². The smallest absolute Gasteiger partial charge is 0.0701 e. The van der Waals surface area contributed by atoms with Gasteiger partial charge in [-0.2, -0.15) is 12.6 Å². The molecular formula is C10H13BrS2. The second-order valence-electron chi connectivity index (χ2n) is 3.75. The number of halogens is 1. The first-order chi connectivity index (χ1) is 6.27. The van der Waals surface area contributed by atoms with Crippen molar-refractivity contribution in [1.82, 2.24) is 0 Å². The second kappa shape index (κ2) is 3.95. The van der Waals surface area contributed by atoms with Gasteiger partial charge in [-0.05, 0) is 40.9 Å². The molecule has 0 aromatic carbocycles. The monoisotopic (exact) mass is 276 g/mol. The Balaban J connectivity index is 2.30. The first-order valence-corrected chi connectivity index (χ1v) is 6.88. The molecule has 0 amide bonds. The van der Waals surface area contributed by atoms with E-state index in [-0.39, 0.29) is 0 Å². The average Bonchev–Trinajstić information content (AvgIpc) is 2.73. The molecule has 0 nitrogen and oxygen atoms in total. The van der Waals surface area contributed by atoms with E-state index >= 15 is 0 Å². The van der Waals surface area contributed by atoms with Gasteiger partial charge in [0.1, 0.15) is 0 Å². The summed E-state index contributed by atoms with van der Waals surface area (Å²) in [5.41, 5.74) is 0.403. The lowest BCUT2D eigenvalue weighted by atomic mass is 9.87. The molecule has 0 aliphatic heterocycles.